The smallest absolute Gasteiger partial charge is 0.192 e. The molecule has 0 aromatic carbocycles. The zero-order valence-corrected chi connectivity index (χ0v) is 13.8. The zero-order valence-electron chi connectivity index (χ0n) is 12.8. The van der Waals surface area contributed by atoms with Crippen molar-refractivity contribution in [2.75, 3.05) is 0 Å². The van der Waals surface area contributed by atoms with Crippen molar-refractivity contribution in [3.8, 4) is 0 Å². The summed E-state index contributed by atoms with van der Waals surface area (Å²) in [5.41, 5.74) is 0. The van der Waals surface area contributed by atoms with E-state index in [2.05, 4.69) is 40.8 Å². The van der Waals surface area contributed by atoms with Gasteiger partial charge in [0, 0.05) is 6.10 Å². The Morgan fingerprint density at radius 2 is 1.82 bits per heavy atom. The van der Waals surface area contributed by atoms with Crippen LogP contribution in [-0.2, 0) is 4.43 Å². The highest BCUT2D eigenvalue weighted by Crippen LogP contribution is 2.41. The Morgan fingerprint density at radius 3 is 2.35 bits per heavy atom. The van der Waals surface area contributed by atoms with Crippen LogP contribution in [0.15, 0.2) is 0 Å². The largest absolute Gasteiger partial charge is 0.414 e. The predicted octanol–water partition coefficient (Wildman–Crippen LogP) is 5.37. The standard InChI is InChI=1S/C15H32OSi/c1-7-8-10-13-11-9-12-14(13)16-17(5,6)15(2,3)4/h13-14H,7-12H2,1-6H3/t13-,14-/m1/s1. The van der Waals surface area contributed by atoms with Crippen molar-refractivity contribution in [2.24, 2.45) is 5.92 Å². The summed E-state index contributed by atoms with van der Waals surface area (Å²) in [4.78, 5) is 0. The maximum Gasteiger partial charge on any atom is 0.192 e. The van der Waals surface area contributed by atoms with E-state index >= 15 is 0 Å². The molecule has 102 valence electrons. The maximum atomic E-state index is 6.61. The summed E-state index contributed by atoms with van der Waals surface area (Å²) in [6, 6.07) is 0. The molecule has 0 amide bonds. The van der Waals surface area contributed by atoms with Crippen LogP contribution in [0.25, 0.3) is 0 Å². The second kappa shape index (κ2) is 5.88. The van der Waals surface area contributed by atoms with Crippen LogP contribution < -0.4 is 0 Å². The maximum absolute atomic E-state index is 6.61. The van der Waals surface area contributed by atoms with E-state index in [1.165, 1.54) is 38.5 Å². The average molecular weight is 257 g/mol. The first-order valence-electron chi connectivity index (χ1n) is 7.46. The molecule has 0 aromatic heterocycles. The van der Waals surface area contributed by atoms with Gasteiger partial charge in [0.05, 0.1) is 0 Å². The fraction of sp³-hybridized carbons (Fsp3) is 1.00. The van der Waals surface area contributed by atoms with E-state index in [-0.39, 0.29) is 0 Å². The van der Waals surface area contributed by atoms with E-state index < -0.39 is 8.32 Å². The summed E-state index contributed by atoms with van der Waals surface area (Å²) in [6.07, 6.45) is 8.75. The van der Waals surface area contributed by atoms with Gasteiger partial charge in [0.25, 0.3) is 0 Å². The van der Waals surface area contributed by atoms with E-state index in [0.29, 0.717) is 11.1 Å². The first-order valence-corrected chi connectivity index (χ1v) is 10.4. The topological polar surface area (TPSA) is 9.23 Å². The van der Waals surface area contributed by atoms with E-state index in [4.69, 9.17) is 4.43 Å². The monoisotopic (exact) mass is 256 g/mol. The molecular formula is C15H32OSi. The Labute approximate surface area is 109 Å². The van der Waals surface area contributed by atoms with Crippen molar-refractivity contribution in [2.45, 2.75) is 90.5 Å². The first-order chi connectivity index (χ1) is 7.78. The van der Waals surface area contributed by atoms with E-state index in [9.17, 15) is 0 Å². The summed E-state index contributed by atoms with van der Waals surface area (Å²) in [6.45, 7) is 14.1. The molecule has 0 heterocycles. The molecule has 0 aromatic rings. The van der Waals surface area contributed by atoms with Gasteiger partial charge in [-0.15, -0.1) is 0 Å². The lowest BCUT2D eigenvalue weighted by molar-refractivity contribution is 0.134. The number of rotatable bonds is 5. The molecule has 0 radical (unpaired) electrons. The van der Waals surface area contributed by atoms with Crippen LogP contribution in [0.3, 0.4) is 0 Å². The molecule has 1 nitrogen and oxygen atoms in total. The molecule has 0 N–H and O–H groups in total. The number of hydrogen-bond donors (Lipinski definition) is 0. The predicted molar refractivity (Wildman–Crippen MR) is 78.9 cm³/mol. The number of unbranched alkanes of at least 4 members (excludes halogenated alkanes) is 1. The van der Waals surface area contributed by atoms with Crippen molar-refractivity contribution in [3.05, 3.63) is 0 Å². The summed E-state index contributed by atoms with van der Waals surface area (Å²) in [7, 11) is -1.55. The van der Waals surface area contributed by atoms with Crippen LogP contribution in [0.5, 0.6) is 0 Å². The molecule has 0 unspecified atom stereocenters. The van der Waals surface area contributed by atoms with Gasteiger partial charge in [-0.05, 0) is 43.3 Å². The lowest BCUT2D eigenvalue weighted by Crippen LogP contribution is -2.44. The Morgan fingerprint density at radius 1 is 1.18 bits per heavy atom. The Kier molecular flexibility index (Phi) is 5.27. The fourth-order valence-electron chi connectivity index (χ4n) is 2.51. The quantitative estimate of drug-likeness (QED) is 0.601. The van der Waals surface area contributed by atoms with Crippen molar-refractivity contribution >= 4 is 8.32 Å². The average Bonchev–Trinajstić information content (AvgIpc) is 2.60. The number of hydrogen-bond acceptors (Lipinski definition) is 1. The third-order valence-electron chi connectivity index (χ3n) is 4.77. The van der Waals surface area contributed by atoms with Crippen molar-refractivity contribution in [1.29, 1.82) is 0 Å². The van der Waals surface area contributed by atoms with Gasteiger partial charge in [0.2, 0.25) is 0 Å². The molecule has 1 fully saturated rings. The molecule has 0 aliphatic heterocycles. The second-order valence-electron chi connectivity index (χ2n) is 7.25. The molecule has 1 rings (SSSR count). The summed E-state index contributed by atoms with van der Waals surface area (Å²) < 4.78 is 6.61. The molecule has 0 bridgehead atoms. The molecule has 2 heteroatoms. The molecule has 1 aliphatic rings. The molecule has 0 saturated heterocycles. The zero-order chi connectivity index (χ0) is 13.1. The fourth-order valence-corrected chi connectivity index (χ4v) is 3.93. The molecule has 1 saturated carbocycles. The minimum Gasteiger partial charge on any atom is -0.414 e. The molecule has 0 spiro atoms. The third-order valence-corrected chi connectivity index (χ3v) is 9.27. The van der Waals surface area contributed by atoms with Gasteiger partial charge in [-0.3, -0.25) is 0 Å². The van der Waals surface area contributed by atoms with Gasteiger partial charge >= 0.3 is 0 Å². The minimum absolute atomic E-state index is 0.352. The highest BCUT2D eigenvalue weighted by molar-refractivity contribution is 6.74. The van der Waals surface area contributed by atoms with E-state index in [1.54, 1.807) is 0 Å². The van der Waals surface area contributed by atoms with Gasteiger partial charge in [-0.2, -0.15) is 0 Å². The summed E-state index contributed by atoms with van der Waals surface area (Å²) >= 11 is 0. The van der Waals surface area contributed by atoms with Gasteiger partial charge < -0.3 is 4.43 Å². The lowest BCUT2D eigenvalue weighted by Gasteiger charge is -2.40. The van der Waals surface area contributed by atoms with Gasteiger partial charge in [0.1, 0.15) is 0 Å². The Hall–Kier alpha value is 0.177. The molecule has 2 atom stereocenters. The van der Waals surface area contributed by atoms with Crippen LogP contribution in [0.4, 0.5) is 0 Å². The first kappa shape index (κ1) is 15.2. The van der Waals surface area contributed by atoms with Crippen molar-refractivity contribution in [3.63, 3.8) is 0 Å². The van der Waals surface area contributed by atoms with Crippen LogP contribution in [-0.4, -0.2) is 14.4 Å². The normalized spacial score (nSPS) is 26.5. The van der Waals surface area contributed by atoms with Gasteiger partial charge in [-0.25, -0.2) is 0 Å². The molecule has 1 aliphatic carbocycles. The van der Waals surface area contributed by atoms with E-state index in [1.807, 2.05) is 0 Å². The molecular weight excluding hydrogens is 224 g/mol. The van der Waals surface area contributed by atoms with Crippen LogP contribution in [0.1, 0.15) is 66.2 Å². The SMILES string of the molecule is CCCC[C@@H]1CCC[C@H]1O[Si](C)(C)C(C)(C)C. The highest BCUT2D eigenvalue weighted by Gasteiger charge is 2.41. The third kappa shape index (κ3) is 4.10. The summed E-state index contributed by atoms with van der Waals surface area (Å²) in [5, 5.41) is 0.352. The van der Waals surface area contributed by atoms with Gasteiger partial charge in [0.15, 0.2) is 8.32 Å². The van der Waals surface area contributed by atoms with Crippen LogP contribution in [0, 0.1) is 5.92 Å². The second-order valence-corrected chi connectivity index (χ2v) is 12.0. The van der Waals surface area contributed by atoms with Crippen LogP contribution in [0.2, 0.25) is 18.1 Å². The van der Waals surface area contributed by atoms with Crippen LogP contribution >= 0.6 is 0 Å². The van der Waals surface area contributed by atoms with Crippen molar-refractivity contribution in [1.82, 2.24) is 0 Å². The molecule has 17 heavy (non-hydrogen) atoms. The van der Waals surface area contributed by atoms with E-state index in [0.717, 1.165) is 5.92 Å². The Bertz CT molecular complexity index is 230. The summed E-state index contributed by atoms with van der Waals surface area (Å²) in [5.74, 6) is 0.851. The minimum atomic E-state index is -1.55. The van der Waals surface area contributed by atoms with Crippen molar-refractivity contribution < 1.29 is 4.43 Å². The Balaban J connectivity index is 2.55. The lowest BCUT2D eigenvalue weighted by atomic mass is 9.99. The highest BCUT2D eigenvalue weighted by atomic mass is 28.4. The van der Waals surface area contributed by atoms with Gasteiger partial charge in [-0.1, -0.05) is 47.0 Å².